The third kappa shape index (κ3) is 4.97. The fraction of sp³-hybridized carbons (Fsp3) is 0.263. The SMILES string of the molecule is CC1=CC2=C(C=CC=CC2c2ccc(Cl)cc2C)[CH]1[Ge]([CH3])([CH3])[CH]1C(C)=CC2=C1C=CC=CC2c1ccc(Cl)cc1C. The van der Waals surface area contributed by atoms with E-state index >= 15 is 0 Å². The molecular formula is C38H38Cl2Ge. The van der Waals surface area contributed by atoms with Gasteiger partial charge in [0.05, 0.1) is 0 Å². The topological polar surface area (TPSA) is 0 Å². The number of benzene rings is 2. The van der Waals surface area contributed by atoms with Gasteiger partial charge in [0.1, 0.15) is 0 Å². The van der Waals surface area contributed by atoms with E-state index in [1.165, 1.54) is 55.7 Å². The van der Waals surface area contributed by atoms with Gasteiger partial charge in [0.15, 0.2) is 0 Å². The van der Waals surface area contributed by atoms with Gasteiger partial charge in [0.2, 0.25) is 0 Å². The molecule has 0 nitrogen and oxygen atoms in total. The van der Waals surface area contributed by atoms with E-state index in [1.54, 1.807) is 0 Å². The summed E-state index contributed by atoms with van der Waals surface area (Å²) in [5.74, 6) is 5.81. The normalized spacial score (nSPS) is 25.3. The number of hydrogen-bond acceptors (Lipinski definition) is 0. The maximum absolute atomic E-state index is 6.35. The quantitative estimate of drug-likeness (QED) is 0.293. The Morgan fingerprint density at radius 1 is 0.561 bits per heavy atom. The Morgan fingerprint density at radius 3 is 1.37 bits per heavy atom. The van der Waals surface area contributed by atoms with Crippen molar-refractivity contribution in [1.82, 2.24) is 0 Å². The maximum atomic E-state index is 6.35. The summed E-state index contributed by atoms with van der Waals surface area (Å²) in [6, 6.07) is 12.7. The summed E-state index contributed by atoms with van der Waals surface area (Å²) in [5.41, 5.74) is 14.2. The Morgan fingerprint density at radius 2 is 0.976 bits per heavy atom. The standard InChI is InChI=1S/C38H38Cl2Ge/c1-23-19-27(39)15-17-29(23)31-11-7-9-13-33-35(31)21-25(3)37(33)41(5,6)38-26(4)22-36-32(12-8-10-14-34(36)38)30-18-16-28(40)20-24(30)2/h7-22,31-32,37-38H,1-6H3. The Balaban J connectivity index is 1.44. The van der Waals surface area contributed by atoms with Crippen LogP contribution in [0.5, 0.6) is 0 Å². The van der Waals surface area contributed by atoms with Crippen LogP contribution in [0.4, 0.5) is 0 Å². The van der Waals surface area contributed by atoms with Gasteiger partial charge in [-0.2, -0.15) is 0 Å². The van der Waals surface area contributed by atoms with Gasteiger partial charge in [-0.15, -0.1) is 0 Å². The summed E-state index contributed by atoms with van der Waals surface area (Å²) in [4.78, 5) is 0. The van der Waals surface area contributed by atoms with Crippen LogP contribution in [0.3, 0.4) is 0 Å². The van der Waals surface area contributed by atoms with Crippen LogP contribution in [0, 0.1) is 13.8 Å². The summed E-state index contributed by atoms with van der Waals surface area (Å²) in [5, 5.41) is 1.60. The van der Waals surface area contributed by atoms with Gasteiger partial charge in [0, 0.05) is 0 Å². The Bertz CT molecular complexity index is 1560. The molecular weight excluding hydrogens is 600 g/mol. The van der Waals surface area contributed by atoms with Crippen LogP contribution in [-0.2, 0) is 0 Å². The Kier molecular flexibility index (Phi) is 7.64. The van der Waals surface area contributed by atoms with Crippen LogP contribution in [0.15, 0.2) is 131 Å². The second-order valence-corrected chi connectivity index (χ2v) is 23.7. The molecule has 0 bridgehead atoms. The first-order chi connectivity index (χ1) is 19.6. The predicted octanol–water partition coefficient (Wildman–Crippen LogP) is 11.7. The molecule has 4 unspecified atom stereocenters. The van der Waals surface area contributed by atoms with Crippen molar-refractivity contribution in [1.29, 1.82) is 0 Å². The molecule has 2 aromatic carbocycles. The number of rotatable bonds is 4. The van der Waals surface area contributed by atoms with Gasteiger partial charge >= 0.3 is 260 Å². The van der Waals surface area contributed by atoms with E-state index in [9.17, 15) is 0 Å². The third-order valence-electron chi connectivity index (χ3n) is 9.64. The predicted molar refractivity (Wildman–Crippen MR) is 181 cm³/mol. The molecule has 0 spiro atoms. The van der Waals surface area contributed by atoms with Crippen LogP contribution < -0.4 is 0 Å². The van der Waals surface area contributed by atoms with Crippen molar-refractivity contribution < 1.29 is 0 Å². The van der Waals surface area contributed by atoms with Crippen molar-refractivity contribution in [3.63, 3.8) is 0 Å². The van der Waals surface area contributed by atoms with Gasteiger partial charge in [-0.25, -0.2) is 0 Å². The molecule has 4 aliphatic carbocycles. The molecule has 6 rings (SSSR count). The van der Waals surface area contributed by atoms with E-state index in [2.05, 4.69) is 124 Å². The monoisotopic (exact) mass is 638 g/mol. The molecule has 0 N–H and O–H groups in total. The molecule has 0 amide bonds. The molecule has 0 fully saturated rings. The zero-order valence-corrected chi connectivity index (χ0v) is 28.4. The van der Waals surface area contributed by atoms with Crippen molar-refractivity contribution in [2.24, 2.45) is 0 Å². The van der Waals surface area contributed by atoms with E-state index in [0.29, 0.717) is 9.50 Å². The average molecular weight is 638 g/mol. The first-order valence-electron chi connectivity index (χ1n) is 14.6. The van der Waals surface area contributed by atoms with Gasteiger partial charge in [-0.05, 0) is 0 Å². The second kappa shape index (κ2) is 11.0. The molecule has 0 aliphatic heterocycles. The molecule has 0 aromatic heterocycles. The van der Waals surface area contributed by atoms with Crippen LogP contribution in [0.2, 0.25) is 31.1 Å². The summed E-state index contributed by atoms with van der Waals surface area (Å²) in [6.07, 6.45) is 23.6. The van der Waals surface area contributed by atoms with E-state index < -0.39 is 13.3 Å². The molecule has 0 radical (unpaired) electrons. The molecule has 4 aliphatic rings. The van der Waals surface area contributed by atoms with E-state index in [1.807, 2.05) is 12.1 Å². The van der Waals surface area contributed by atoms with Crippen molar-refractivity contribution >= 4 is 36.5 Å². The van der Waals surface area contributed by atoms with Crippen molar-refractivity contribution in [2.75, 3.05) is 0 Å². The first kappa shape index (κ1) is 28.6. The average Bonchev–Trinajstić information content (AvgIpc) is 3.25. The fourth-order valence-corrected chi connectivity index (χ4v) is 19.0. The first-order valence-corrected chi connectivity index (χ1v) is 22.0. The molecule has 0 saturated carbocycles. The van der Waals surface area contributed by atoms with E-state index in [4.69, 9.17) is 23.2 Å². The van der Waals surface area contributed by atoms with Crippen molar-refractivity contribution in [2.45, 2.75) is 60.5 Å². The second-order valence-electron chi connectivity index (χ2n) is 12.7. The number of halogens is 2. The molecule has 3 heteroatoms. The minimum absolute atomic E-state index is 0.240. The molecule has 208 valence electrons. The molecule has 4 atom stereocenters. The molecule has 0 heterocycles. The molecule has 2 aromatic rings. The summed E-state index contributed by atoms with van der Waals surface area (Å²) in [6.45, 7) is 9.13. The van der Waals surface area contributed by atoms with Crippen molar-refractivity contribution in [3.8, 4) is 0 Å². The molecule has 41 heavy (non-hydrogen) atoms. The Hall–Kier alpha value is -2.52. The number of hydrogen-bond donors (Lipinski definition) is 0. The fourth-order valence-electron chi connectivity index (χ4n) is 8.11. The van der Waals surface area contributed by atoms with Gasteiger partial charge in [0.25, 0.3) is 0 Å². The molecule has 0 saturated heterocycles. The van der Waals surface area contributed by atoms with Gasteiger partial charge in [-0.3, -0.25) is 0 Å². The van der Waals surface area contributed by atoms with Crippen molar-refractivity contribution in [3.05, 3.63) is 163 Å². The summed E-state index contributed by atoms with van der Waals surface area (Å²) in [7, 11) is 0. The van der Waals surface area contributed by atoms with Gasteiger partial charge in [-0.1, -0.05) is 0 Å². The van der Waals surface area contributed by atoms with E-state index in [0.717, 1.165) is 10.0 Å². The number of aryl methyl sites for hydroxylation is 2. The zero-order chi connectivity index (χ0) is 29.1. The van der Waals surface area contributed by atoms with Crippen LogP contribution in [0.25, 0.3) is 0 Å². The minimum atomic E-state index is -2.66. The van der Waals surface area contributed by atoms with Crippen LogP contribution in [-0.4, -0.2) is 13.3 Å². The third-order valence-corrected chi connectivity index (χ3v) is 19.6. The van der Waals surface area contributed by atoms with Gasteiger partial charge < -0.3 is 0 Å². The summed E-state index contributed by atoms with van der Waals surface area (Å²) < 4.78 is 0.994. The van der Waals surface area contributed by atoms with E-state index in [-0.39, 0.29) is 11.8 Å². The Labute approximate surface area is 258 Å². The van der Waals surface area contributed by atoms with Crippen LogP contribution in [0.1, 0.15) is 47.9 Å². The zero-order valence-electron chi connectivity index (χ0n) is 24.8. The number of allylic oxidation sites excluding steroid dienone is 16. The summed E-state index contributed by atoms with van der Waals surface area (Å²) >= 11 is 10.0. The van der Waals surface area contributed by atoms with Crippen LogP contribution >= 0.6 is 23.2 Å².